The monoisotopic (exact) mass is 596 g/mol. The van der Waals surface area contributed by atoms with Crippen LogP contribution >= 0.6 is 0 Å². The number of nitrogens with zero attached hydrogens (tertiary/aromatic N) is 2. The van der Waals surface area contributed by atoms with Gasteiger partial charge in [-0.25, -0.2) is 12.8 Å². The normalized spacial score (nSPS) is 18.7. The highest BCUT2D eigenvalue weighted by molar-refractivity contribution is 7.92. The Morgan fingerprint density at radius 3 is 2.16 bits per heavy atom. The van der Waals surface area contributed by atoms with E-state index in [9.17, 15) is 17.6 Å². The summed E-state index contributed by atoms with van der Waals surface area (Å²) in [5.41, 5.74) is 3.13. The molecule has 43 heavy (non-hydrogen) atoms. The minimum absolute atomic E-state index is 0.0156. The first-order valence-corrected chi connectivity index (χ1v) is 15.5. The van der Waals surface area contributed by atoms with E-state index in [-0.39, 0.29) is 31.2 Å². The van der Waals surface area contributed by atoms with Crippen molar-refractivity contribution >= 4 is 22.0 Å². The van der Waals surface area contributed by atoms with Crippen LogP contribution in [0, 0.1) is 5.82 Å². The fourth-order valence-corrected chi connectivity index (χ4v) is 6.44. The quantitative estimate of drug-likeness (QED) is 0.210. The van der Waals surface area contributed by atoms with Gasteiger partial charge in [0.25, 0.3) is 0 Å². The maximum atomic E-state index is 14.7. The van der Waals surface area contributed by atoms with Gasteiger partial charge in [-0.15, -0.1) is 0 Å². The van der Waals surface area contributed by atoms with Crippen molar-refractivity contribution in [3.05, 3.63) is 155 Å². The minimum atomic E-state index is -4.03. The standard InChI is InChI=1S/C35H33FN2O4S/c1-42-32-20-16-30(17-21-32)33-13-8-23-38(43(40,41)24-22-27-9-4-2-5-10-27)34(25-28-11-6-3-7-12-28)35(39)37(33)26-29-14-18-31(36)19-15-29/h2-22,24,33-34H,23,25-26H2,1H3/b13-8-,24-22?/t33?,34-/m1/s1. The van der Waals surface area contributed by atoms with Crippen LogP contribution in [-0.4, -0.2) is 43.2 Å². The minimum Gasteiger partial charge on any atom is -0.497 e. The van der Waals surface area contributed by atoms with Crippen LogP contribution in [0.1, 0.15) is 28.3 Å². The molecule has 0 radical (unpaired) electrons. The van der Waals surface area contributed by atoms with Gasteiger partial charge in [0.15, 0.2) is 0 Å². The number of hydrogen-bond acceptors (Lipinski definition) is 4. The maximum Gasteiger partial charge on any atom is 0.242 e. The highest BCUT2D eigenvalue weighted by Gasteiger charge is 2.39. The largest absolute Gasteiger partial charge is 0.497 e. The highest BCUT2D eigenvalue weighted by Crippen LogP contribution is 2.31. The Morgan fingerprint density at radius 1 is 0.860 bits per heavy atom. The number of methoxy groups -OCH3 is 1. The third kappa shape index (κ3) is 7.46. The molecule has 1 amide bonds. The Hall–Kier alpha value is -4.53. The lowest BCUT2D eigenvalue weighted by molar-refractivity contribution is -0.137. The van der Waals surface area contributed by atoms with Crippen molar-refractivity contribution in [3.8, 4) is 5.75 Å². The zero-order valence-electron chi connectivity index (χ0n) is 23.8. The smallest absolute Gasteiger partial charge is 0.242 e. The van der Waals surface area contributed by atoms with Crippen molar-refractivity contribution in [1.29, 1.82) is 0 Å². The van der Waals surface area contributed by atoms with Gasteiger partial charge in [-0.05, 0) is 59.0 Å². The molecule has 6 nitrogen and oxygen atoms in total. The number of carbonyl (C=O) groups is 1. The number of benzene rings is 4. The second-order valence-corrected chi connectivity index (χ2v) is 12.0. The van der Waals surface area contributed by atoms with E-state index >= 15 is 0 Å². The molecule has 2 atom stereocenters. The molecule has 1 heterocycles. The van der Waals surface area contributed by atoms with Crippen molar-refractivity contribution < 1.29 is 22.3 Å². The predicted molar refractivity (Wildman–Crippen MR) is 167 cm³/mol. The molecule has 0 spiro atoms. The van der Waals surface area contributed by atoms with Crippen LogP contribution in [-0.2, 0) is 27.8 Å². The lowest BCUT2D eigenvalue weighted by Crippen LogP contribution is -2.53. The molecular formula is C35H33FN2O4S. The lowest BCUT2D eigenvalue weighted by Gasteiger charge is -2.38. The summed E-state index contributed by atoms with van der Waals surface area (Å²) in [6, 6.07) is 30.5. The summed E-state index contributed by atoms with van der Waals surface area (Å²) in [5, 5.41) is 1.16. The SMILES string of the molecule is COc1ccc(C2/C=C\CN(S(=O)(=O)C=Cc3ccccc3)[C@H](Cc3ccccc3)C(=O)N2Cc2ccc(F)cc2)cc1. The Balaban J connectivity index is 1.59. The molecule has 4 aromatic rings. The highest BCUT2D eigenvalue weighted by atomic mass is 32.2. The van der Waals surface area contributed by atoms with E-state index in [4.69, 9.17) is 4.74 Å². The number of hydrogen-bond donors (Lipinski definition) is 0. The van der Waals surface area contributed by atoms with Gasteiger partial charge in [0.05, 0.1) is 13.2 Å². The number of halogens is 1. The first-order valence-electron chi connectivity index (χ1n) is 14.0. The summed E-state index contributed by atoms with van der Waals surface area (Å²) in [5.74, 6) is -0.0480. The van der Waals surface area contributed by atoms with Gasteiger partial charge < -0.3 is 9.64 Å². The Kier molecular flexibility index (Phi) is 9.49. The molecule has 0 aliphatic carbocycles. The van der Waals surface area contributed by atoms with Crippen LogP contribution in [0.25, 0.3) is 6.08 Å². The molecule has 8 heteroatoms. The number of ether oxygens (including phenoxy) is 1. The van der Waals surface area contributed by atoms with E-state index in [1.807, 2.05) is 91.0 Å². The molecule has 0 saturated carbocycles. The summed E-state index contributed by atoms with van der Waals surface area (Å²) in [6.45, 7) is 0.168. The second-order valence-electron chi connectivity index (χ2n) is 10.3. The number of rotatable bonds is 9. The van der Waals surface area contributed by atoms with E-state index in [1.54, 1.807) is 30.2 Å². The molecule has 1 unspecified atom stereocenters. The Morgan fingerprint density at radius 2 is 1.51 bits per heavy atom. The zero-order valence-corrected chi connectivity index (χ0v) is 24.6. The summed E-state index contributed by atoms with van der Waals surface area (Å²) in [4.78, 5) is 16.3. The Bertz CT molecular complexity index is 1670. The first-order chi connectivity index (χ1) is 20.8. The van der Waals surface area contributed by atoms with Gasteiger partial charge in [-0.3, -0.25) is 4.79 Å². The van der Waals surface area contributed by atoms with Crippen LogP contribution in [0.15, 0.2) is 127 Å². The van der Waals surface area contributed by atoms with Crippen molar-refractivity contribution in [2.24, 2.45) is 0 Å². The molecule has 4 aromatic carbocycles. The predicted octanol–water partition coefficient (Wildman–Crippen LogP) is 6.39. The number of carbonyl (C=O) groups excluding carboxylic acids is 1. The average Bonchev–Trinajstić information content (AvgIpc) is 3.03. The van der Waals surface area contributed by atoms with Crippen molar-refractivity contribution in [2.75, 3.05) is 13.7 Å². The maximum absolute atomic E-state index is 14.7. The fraction of sp³-hybridized carbons (Fsp3) is 0.171. The van der Waals surface area contributed by atoms with Gasteiger partial charge in [0, 0.05) is 18.5 Å². The molecule has 0 N–H and O–H groups in total. The van der Waals surface area contributed by atoms with E-state index in [0.717, 1.165) is 27.7 Å². The van der Waals surface area contributed by atoms with Crippen molar-refractivity contribution in [2.45, 2.75) is 25.0 Å². The summed E-state index contributed by atoms with van der Waals surface area (Å²) in [6.07, 6.45) is 5.37. The van der Waals surface area contributed by atoms with Gasteiger partial charge in [-0.2, -0.15) is 4.31 Å². The van der Waals surface area contributed by atoms with Crippen molar-refractivity contribution in [3.63, 3.8) is 0 Å². The summed E-state index contributed by atoms with van der Waals surface area (Å²) >= 11 is 0. The molecule has 220 valence electrons. The second kappa shape index (κ2) is 13.6. The zero-order chi connectivity index (χ0) is 30.2. The van der Waals surface area contributed by atoms with Crippen LogP contribution in [0.5, 0.6) is 5.75 Å². The van der Waals surface area contributed by atoms with E-state index in [1.165, 1.54) is 22.5 Å². The molecular weight excluding hydrogens is 563 g/mol. The molecule has 0 aromatic heterocycles. The Labute approximate surface area is 252 Å². The van der Waals surface area contributed by atoms with Crippen LogP contribution in [0.2, 0.25) is 0 Å². The van der Waals surface area contributed by atoms with Gasteiger partial charge in [0.1, 0.15) is 17.6 Å². The molecule has 1 aliphatic heterocycles. The van der Waals surface area contributed by atoms with E-state index in [0.29, 0.717) is 5.75 Å². The summed E-state index contributed by atoms with van der Waals surface area (Å²) < 4.78 is 48.1. The molecule has 0 fully saturated rings. The van der Waals surface area contributed by atoms with E-state index < -0.39 is 22.1 Å². The lowest BCUT2D eigenvalue weighted by atomic mass is 9.98. The van der Waals surface area contributed by atoms with E-state index in [2.05, 4.69) is 0 Å². The number of amides is 1. The molecule has 0 saturated heterocycles. The topological polar surface area (TPSA) is 66.9 Å². The van der Waals surface area contributed by atoms with Crippen molar-refractivity contribution in [1.82, 2.24) is 9.21 Å². The van der Waals surface area contributed by atoms with Gasteiger partial charge in [0.2, 0.25) is 15.9 Å². The molecule has 1 aliphatic rings. The number of sulfonamides is 1. The van der Waals surface area contributed by atoms with Crippen LogP contribution in [0.3, 0.4) is 0 Å². The van der Waals surface area contributed by atoms with Crippen LogP contribution < -0.4 is 4.74 Å². The third-order valence-corrected chi connectivity index (χ3v) is 8.95. The summed E-state index contributed by atoms with van der Waals surface area (Å²) in [7, 11) is -2.44. The molecule has 5 rings (SSSR count). The third-order valence-electron chi connectivity index (χ3n) is 7.41. The van der Waals surface area contributed by atoms with Crippen LogP contribution in [0.4, 0.5) is 4.39 Å². The van der Waals surface area contributed by atoms with Gasteiger partial charge in [-0.1, -0.05) is 97.1 Å². The fourth-order valence-electron chi connectivity index (χ4n) is 5.15. The van der Waals surface area contributed by atoms with Gasteiger partial charge >= 0.3 is 0 Å². The average molecular weight is 597 g/mol. The molecule has 0 bridgehead atoms. The first kappa shape index (κ1) is 29.9.